The molecule has 0 atom stereocenters. The molecule has 0 radical (unpaired) electrons. The SMILES string of the molecule is CC(C)Cc1ccc(-c2nn(C(C)C)cc2C=O)cc1. The Morgan fingerprint density at radius 2 is 1.80 bits per heavy atom. The minimum Gasteiger partial charge on any atom is -0.298 e. The van der Waals surface area contributed by atoms with Crippen LogP contribution in [0.4, 0.5) is 0 Å². The molecular weight excluding hydrogens is 248 g/mol. The van der Waals surface area contributed by atoms with Crippen LogP contribution in [0.5, 0.6) is 0 Å². The van der Waals surface area contributed by atoms with E-state index in [1.165, 1.54) is 5.56 Å². The number of carbonyl (C=O) groups excluding carboxylic acids is 1. The van der Waals surface area contributed by atoms with Crippen LogP contribution in [0.1, 0.15) is 49.7 Å². The Hall–Kier alpha value is -1.90. The Morgan fingerprint density at radius 1 is 1.15 bits per heavy atom. The van der Waals surface area contributed by atoms with Gasteiger partial charge in [-0.3, -0.25) is 9.48 Å². The van der Waals surface area contributed by atoms with Crippen molar-refractivity contribution in [2.45, 2.75) is 40.2 Å². The van der Waals surface area contributed by atoms with Crippen molar-refractivity contribution in [3.63, 3.8) is 0 Å². The van der Waals surface area contributed by atoms with E-state index in [1.807, 2.05) is 10.9 Å². The number of hydrogen-bond donors (Lipinski definition) is 0. The van der Waals surface area contributed by atoms with E-state index < -0.39 is 0 Å². The maximum Gasteiger partial charge on any atom is 0.153 e. The van der Waals surface area contributed by atoms with Crippen molar-refractivity contribution >= 4 is 6.29 Å². The summed E-state index contributed by atoms with van der Waals surface area (Å²) in [5.41, 5.74) is 3.74. The van der Waals surface area contributed by atoms with Crippen molar-refractivity contribution < 1.29 is 4.79 Å². The topological polar surface area (TPSA) is 34.9 Å². The first-order valence-corrected chi connectivity index (χ1v) is 7.15. The van der Waals surface area contributed by atoms with Gasteiger partial charge in [0.2, 0.25) is 0 Å². The molecule has 1 heterocycles. The molecule has 0 aliphatic heterocycles. The summed E-state index contributed by atoms with van der Waals surface area (Å²) in [4.78, 5) is 11.2. The summed E-state index contributed by atoms with van der Waals surface area (Å²) in [6.07, 6.45) is 3.76. The number of nitrogens with zero attached hydrogens (tertiary/aromatic N) is 2. The van der Waals surface area contributed by atoms with Gasteiger partial charge in [0.1, 0.15) is 5.69 Å². The second-order valence-corrected chi connectivity index (χ2v) is 5.92. The summed E-state index contributed by atoms with van der Waals surface area (Å²) >= 11 is 0. The largest absolute Gasteiger partial charge is 0.298 e. The highest BCUT2D eigenvalue weighted by Crippen LogP contribution is 2.23. The first-order chi connectivity index (χ1) is 9.51. The molecule has 2 rings (SSSR count). The third-order valence-electron chi connectivity index (χ3n) is 3.29. The summed E-state index contributed by atoms with van der Waals surface area (Å²) in [5, 5.41) is 4.53. The lowest BCUT2D eigenvalue weighted by molar-refractivity contribution is 0.112. The molecule has 3 heteroatoms. The van der Waals surface area contributed by atoms with E-state index in [4.69, 9.17) is 0 Å². The van der Waals surface area contributed by atoms with E-state index in [-0.39, 0.29) is 6.04 Å². The Morgan fingerprint density at radius 3 is 2.30 bits per heavy atom. The normalized spacial score (nSPS) is 11.3. The summed E-state index contributed by atoms with van der Waals surface area (Å²) in [5.74, 6) is 0.645. The first-order valence-electron chi connectivity index (χ1n) is 7.15. The highest BCUT2D eigenvalue weighted by Gasteiger charge is 2.12. The molecule has 0 aliphatic rings. The predicted octanol–water partition coefficient (Wildman–Crippen LogP) is 4.14. The lowest BCUT2D eigenvalue weighted by Gasteiger charge is -2.06. The lowest BCUT2D eigenvalue weighted by atomic mass is 10.0. The average Bonchev–Trinajstić information content (AvgIpc) is 2.83. The summed E-state index contributed by atoms with van der Waals surface area (Å²) in [7, 11) is 0. The predicted molar refractivity (Wildman–Crippen MR) is 82.0 cm³/mol. The van der Waals surface area contributed by atoms with E-state index in [1.54, 1.807) is 0 Å². The van der Waals surface area contributed by atoms with E-state index >= 15 is 0 Å². The second-order valence-electron chi connectivity index (χ2n) is 5.92. The number of rotatable bonds is 5. The smallest absolute Gasteiger partial charge is 0.153 e. The Balaban J connectivity index is 2.33. The van der Waals surface area contributed by atoms with Gasteiger partial charge >= 0.3 is 0 Å². The van der Waals surface area contributed by atoms with Crippen LogP contribution in [-0.4, -0.2) is 16.1 Å². The zero-order valence-electron chi connectivity index (χ0n) is 12.6. The van der Waals surface area contributed by atoms with Gasteiger partial charge in [0.05, 0.1) is 5.56 Å². The quantitative estimate of drug-likeness (QED) is 0.765. The third-order valence-corrected chi connectivity index (χ3v) is 3.29. The maximum absolute atomic E-state index is 11.2. The van der Waals surface area contributed by atoms with Crippen molar-refractivity contribution in [2.24, 2.45) is 5.92 Å². The van der Waals surface area contributed by atoms with Gasteiger partial charge in [0.25, 0.3) is 0 Å². The molecule has 0 amide bonds. The van der Waals surface area contributed by atoms with Gasteiger partial charge in [-0.15, -0.1) is 0 Å². The zero-order valence-corrected chi connectivity index (χ0v) is 12.6. The Labute approximate surface area is 120 Å². The molecule has 0 aliphatic carbocycles. The summed E-state index contributed by atoms with van der Waals surface area (Å²) in [6, 6.07) is 8.61. The molecule has 1 aromatic heterocycles. The summed E-state index contributed by atoms with van der Waals surface area (Å²) < 4.78 is 1.83. The van der Waals surface area contributed by atoms with Gasteiger partial charge in [-0.1, -0.05) is 38.1 Å². The maximum atomic E-state index is 11.2. The molecule has 0 bridgehead atoms. The van der Waals surface area contributed by atoms with Gasteiger partial charge in [-0.25, -0.2) is 0 Å². The molecule has 1 aromatic carbocycles. The zero-order chi connectivity index (χ0) is 14.7. The van der Waals surface area contributed by atoms with E-state index in [9.17, 15) is 4.79 Å². The molecule has 0 spiro atoms. The van der Waals surface area contributed by atoms with Gasteiger partial charge in [0, 0.05) is 17.8 Å². The number of hydrogen-bond acceptors (Lipinski definition) is 2. The second kappa shape index (κ2) is 6.04. The molecule has 0 unspecified atom stereocenters. The Bertz CT molecular complexity index is 580. The summed E-state index contributed by atoms with van der Waals surface area (Å²) in [6.45, 7) is 8.53. The molecule has 106 valence electrons. The standard InChI is InChI=1S/C17H22N2O/c1-12(2)9-14-5-7-15(8-6-14)17-16(11-20)10-19(18-17)13(3)4/h5-8,10-13H,9H2,1-4H3. The lowest BCUT2D eigenvalue weighted by Crippen LogP contribution is -2.00. The molecule has 0 fully saturated rings. The minimum atomic E-state index is 0.252. The monoisotopic (exact) mass is 270 g/mol. The number of carbonyl (C=O) groups is 1. The van der Waals surface area contributed by atoms with Crippen LogP contribution in [-0.2, 0) is 6.42 Å². The van der Waals surface area contributed by atoms with Crippen LogP contribution >= 0.6 is 0 Å². The van der Waals surface area contributed by atoms with Crippen LogP contribution < -0.4 is 0 Å². The van der Waals surface area contributed by atoms with E-state index in [0.29, 0.717) is 11.5 Å². The van der Waals surface area contributed by atoms with Crippen LogP contribution in [0.3, 0.4) is 0 Å². The molecule has 20 heavy (non-hydrogen) atoms. The van der Waals surface area contributed by atoms with Gasteiger partial charge in [0.15, 0.2) is 6.29 Å². The van der Waals surface area contributed by atoms with Crippen LogP contribution in [0.15, 0.2) is 30.5 Å². The highest BCUT2D eigenvalue weighted by molar-refractivity contribution is 5.85. The van der Waals surface area contributed by atoms with Crippen molar-refractivity contribution in [3.8, 4) is 11.3 Å². The van der Waals surface area contributed by atoms with Crippen molar-refractivity contribution in [2.75, 3.05) is 0 Å². The first kappa shape index (κ1) is 14.5. The van der Waals surface area contributed by atoms with E-state index in [2.05, 4.69) is 57.1 Å². The van der Waals surface area contributed by atoms with Gasteiger partial charge < -0.3 is 0 Å². The highest BCUT2D eigenvalue weighted by atomic mass is 16.1. The molecule has 2 aromatic rings. The Kier molecular flexibility index (Phi) is 4.38. The molecular formula is C17H22N2O. The third kappa shape index (κ3) is 3.16. The van der Waals surface area contributed by atoms with Crippen LogP contribution in [0, 0.1) is 5.92 Å². The molecule has 0 N–H and O–H groups in total. The van der Waals surface area contributed by atoms with Gasteiger partial charge in [-0.2, -0.15) is 5.10 Å². The molecule has 3 nitrogen and oxygen atoms in total. The van der Waals surface area contributed by atoms with Crippen LogP contribution in [0.2, 0.25) is 0 Å². The van der Waals surface area contributed by atoms with Crippen molar-refractivity contribution in [1.29, 1.82) is 0 Å². The number of benzene rings is 1. The minimum absolute atomic E-state index is 0.252. The van der Waals surface area contributed by atoms with Crippen molar-refractivity contribution in [1.82, 2.24) is 9.78 Å². The molecule has 0 saturated heterocycles. The van der Waals surface area contributed by atoms with Crippen molar-refractivity contribution in [3.05, 3.63) is 41.6 Å². The van der Waals surface area contributed by atoms with Gasteiger partial charge in [-0.05, 0) is 31.7 Å². The fraction of sp³-hybridized carbons (Fsp3) is 0.412. The fourth-order valence-electron chi connectivity index (χ4n) is 2.25. The van der Waals surface area contributed by atoms with E-state index in [0.717, 1.165) is 24.0 Å². The van der Waals surface area contributed by atoms with Crippen LogP contribution in [0.25, 0.3) is 11.3 Å². The fourth-order valence-corrected chi connectivity index (χ4v) is 2.25. The number of aromatic nitrogens is 2. The molecule has 0 saturated carbocycles. The number of aldehydes is 1. The average molecular weight is 270 g/mol.